The number of nitrogens with zero attached hydrogens (tertiary/aromatic N) is 2. The lowest BCUT2D eigenvalue weighted by atomic mass is 9.87. The van der Waals surface area contributed by atoms with E-state index in [0.29, 0.717) is 6.42 Å². The monoisotopic (exact) mass is 209 g/mol. The number of nitrogens with one attached hydrogen (secondary N) is 1. The van der Waals surface area contributed by atoms with Gasteiger partial charge in [0, 0.05) is 19.6 Å². The first-order chi connectivity index (χ1) is 7.01. The summed E-state index contributed by atoms with van der Waals surface area (Å²) in [5.41, 5.74) is -0.279. The molecule has 4 heteroatoms. The molecule has 0 aromatic rings. The van der Waals surface area contributed by atoms with Crippen LogP contribution >= 0.6 is 0 Å². The zero-order valence-electron chi connectivity index (χ0n) is 9.71. The highest BCUT2D eigenvalue weighted by Crippen LogP contribution is 2.27. The molecule has 0 aliphatic carbocycles. The van der Waals surface area contributed by atoms with Gasteiger partial charge in [-0.05, 0) is 26.8 Å². The maximum atomic E-state index is 12.2. The van der Waals surface area contributed by atoms with Gasteiger partial charge in [-0.1, -0.05) is 0 Å². The van der Waals surface area contributed by atoms with Gasteiger partial charge in [-0.3, -0.25) is 4.79 Å². The molecule has 1 saturated heterocycles. The van der Waals surface area contributed by atoms with Crippen LogP contribution in [0.2, 0.25) is 0 Å². The molecule has 1 aliphatic rings. The minimum atomic E-state index is -0.279. The molecule has 0 bridgehead atoms. The molecule has 0 spiro atoms. The molecule has 0 aromatic carbocycles. The van der Waals surface area contributed by atoms with Crippen LogP contribution in [0.5, 0.6) is 0 Å². The smallest absolute Gasteiger partial charge is 0.229 e. The van der Waals surface area contributed by atoms with E-state index in [4.69, 9.17) is 5.26 Å². The Morgan fingerprint density at radius 1 is 1.73 bits per heavy atom. The van der Waals surface area contributed by atoms with Gasteiger partial charge in [0.25, 0.3) is 0 Å². The molecule has 0 aromatic heterocycles. The lowest BCUT2D eigenvalue weighted by molar-refractivity contribution is -0.140. The van der Waals surface area contributed by atoms with Crippen LogP contribution < -0.4 is 5.32 Å². The lowest BCUT2D eigenvalue weighted by Gasteiger charge is -2.31. The van der Waals surface area contributed by atoms with Crippen molar-refractivity contribution in [2.45, 2.75) is 32.7 Å². The SMILES string of the molecule is CC(CC#N)N(C)C(=O)C1(C)CCNC1. The third-order valence-corrected chi connectivity index (χ3v) is 3.25. The van der Waals surface area contributed by atoms with Gasteiger partial charge in [-0.2, -0.15) is 5.26 Å². The van der Waals surface area contributed by atoms with Crippen LogP contribution in [0, 0.1) is 16.7 Å². The zero-order chi connectivity index (χ0) is 11.5. The lowest BCUT2D eigenvalue weighted by Crippen LogP contribution is -2.45. The summed E-state index contributed by atoms with van der Waals surface area (Å²) in [5, 5.41) is 11.8. The van der Waals surface area contributed by atoms with Gasteiger partial charge < -0.3 is 10.2 Å². The molecule has 0 radical (unpaired) electrons. The highest BCUT2D eigenvalue weighted by molar-refractivity contribution is 5.83. The Bertz CT molecular complexity index is 276. The molecule has 84 valence electrons. The average Bonchev–Trinajstić information content (AvgIpc) is 2.64. The summed E-state index contributed by atoms with van der Waals surface area (Å²) in [4.78, 5) is 13.9. The van der Waals surface area contributed by atoms with E-state index >= 15 is 0 Å². The maximum absolute atomic E-state index is 12.2. The summed E-state index contributed by atoms with van der Waals surface area (Å²) < 4.78 is 0. The van der Waals surface area contributed by atoms with E-state index in [2.05, 4.69) is 11.4 Å². The Labute approximate surface area is 91.2 Å². The average molecular weight is 209 g/mol. The molecule has 1 fully saturated rings. The predicted molar refractivity (Wildman–Crippen MR) is 58.1 cm³/mol. The van der Waals surface area contributed by atoms with E-state index in [1.165, 1.54) is 0 Å². The normalized spacial score (nSPS) is 27.1. The summed E-state index contributed by atoms with van der Waals surface area (Å²) in [7, 11) is 1.79. The molecule has 15 heavy (non-hydrogen) atoms. The summed E-state index contributed by atoms with van der Waals surface area (Å²) in [6.45, 7) is 5.55. The zero-order valence-corrected chi connectivity index (χ0v) is 9.71. The Balaban J connectivity index is 2.63. The van der Waals surface area contributed by atoms with Crippen LogP contribution in [0.3, 0.4) is 0 Å². The first-order valence-corrected chi connectivity index (χ1v) is 5.36. The topological polar surface area (TPSA) is 56.1 Å². The van der Waals surface area contributed by atoms with Crippen molar-refractivity contribution in [3.05, 3.63) is 0 Å². The largest absolute Gasteiger partial charge is 0.342 e. The molecule has 4 nitrogen and oxygen atoms in total. The van der Waals surface area contributed by atoms with Crippen molar-refractivity contribution >= 4 is 5.91 Å². The van der Waals surface area contributed by atoms with Gasteiger partial charge in [0.05, 0.1) is 17.9 Å². The summed E-state index contributed by atoms with van der Waals surface area (Å²) in [6, 6.07) is 2.10. The van der Waals surface area contributed by atoms with Crippen molar-refractivity contribution in [1.82, 2.24) is 10.2 Å². The predicted octanol–water partition coefficient (Wildman–Crippen LogP) is 0.747. The second-order valence-corrected chi connectivity index (χ2v) is 4.61. The fourth-order valence-corrected chi connectivity index (χ4v) is 1.89. The second-order valence-electron chi connectivity index (χ2n) is 4.61. The van der Waals surface area contributed by atoms with Gasteiger partial charge in [-0.15, -0.1) is 0 Å². The van der Waals surface area contributed by atoms with E-state index in [-0.39, 0.29) is 17.4 Å². The summed E-state index contributed by atoms with van der Waals surface area (Å²) in [5.74, 6) is 0.148. The van der Waals surface area contributed by atoms with Crippen molar-refractivity contribution in [3.8, 4) is 6.07 Å². The first kappa shape index (κ1) is 12.0. The molecule has 2 unspecified atom stereocenters. The molecule has 0 saturated carbocycles. The number of hydrogen-bond donors (Lipinski definition) is 1. The van der Waals surface area contributed by atoms with Crippen molar-refractivity contribution in [2.24, 2.45) is 5.41 Å². The summed E-state index contributed by atoms with van der Waals surface area (Å²) >= 11 is 0. The first-order valence-electron chi connectivity index (χ1n) is 5.36. The third-order valence-electron chi connectivity index (χ3n) is 3.25. The summed E-state index contributed by atoms with van der Waals surface area (Å²) in [6.07, 6.45) is 1.28. The van der Waals surface area contributed by atoms with E-state index in [1.807, 2.05) is 13.8 Å². The van der Waals surface area contributed by atoms with Gasteiger partial charge in [0.15, 0.2) is 0 Å². The van der Waals surface area contributed by atoms with Crippen LogP contribution in [-0.4, -0.2) is 37.0 Å². The molecular formula is C11H19N3O. The van der Waals surface area contributed by atoms with Crippen LogP contribution in [0.1, 0.15) is 26.7 Å². The quantitative estimate of drug-likeness (QED) is 0.746. The second kappa shape index (κ2) is 4.63. The minimum absolute atomic E-state index is 0.0000694. The van der Waals surface area contributed by atoms with Crippen molar-refractivity contribution in [1.29, 1.82) is 5.26 Å². The molecule has 1 aliphatic heterocycles. The molecule has 1 heterocycles. The molecule has 2 atom stereocenters. The number of rotatable bonds is 3. The fraction of sp³-hybridized carbons (Fsp3) is 0.818. The number of carbonyl (C=O) groups excluding carboxylic acids is 1. The van der Waals surface area contributed by atoms with E-state index in [1.54, 1.807) is 11.9 Å². The van der Waals surface area contributed by atoms with E-state index < -0.39 is 0 Å². The maximum Gasteiger partial charge on any atom is 0.229 e. The molecule has 1 N–H and O–H groups in total. The van der Waals surface area contributed by atoms with Crippen LogP contribution in [0.25, 0.3) is 0 Å². The highest BCUT2D eigenvalue weighted by Gasteiger charge is 2.39. The van der Waals surface area contributed by atoms with Crippen molar-refractivity contribution < 1.29 is 4.79 Å². The standard InChI is InChI=1S/C11H19N3O/c1-9(4-6-12)14(3)10(15)11(2)5-7-13-8-11/h9,13H,4-5,7-8H2,1-3H3. The number of carbonyl (C=O) groups is 1. The van der Waals surface area contributed by atoms with Crippen LogP contribution in [-0.2, 0) is 4.79 Å². The van der Waals surface area contributed by atoms with E-state index in [0.717, 1.165) is 19.5 Å². The number of hydrogen-bond acceptors (Lipinski definition) is 3. The van der Waals surface area contributed by atoms with Gasteiger partial charge in [0.1, 0.15) is 0 Å². The molecular weight excluding hydrogens is 190 g/mol. The van der Waals surface area contributed by atoms with Gasteiger partial charge in [-0.25, -0.2) is 0 Å². The van der Waals surface area contributed by atoms with Gasteiger partial charge in [0.2, 0.25) is 5.91 Å². The Kier molecular flexibility index (Phi) is 3.70. The van der Waals surface area contributed by atoms with Gasteiger partial charge >= 0.3 is 0 Å². The van der Waals surface area contributed by atoms with Crippen molar-refractivity contribution in [3.63, 3.8) is 0 Å². The fourth-order valence-electron chi connectivity index (χ4n) is 1.89. The van der Waals surface area contributed by atoms with Crippen LogP contribution in [0.4, 0.5) is 0 Å². The molecule has 1 amide bonds. The Morgan fingerprint density at radius 3 is 2.87 bits per heavy atom. The van der Waals surface area contributed by atoms with E-state index in [9.17, 15) is 4.79 Å². The molecule has 1 rings (SSSR count). The Morgan fingerprint density at radius 2 is 2.40 bits per heavy atom. The number of nitriles is 1. The van der Waals surface area contributed by atoms with Crippen molar-refractivity contribution in [2.75, 3.05) is 20.1 Å². The highest BCUT2D eigenvalue weighted by atomic mass is 16.2. The number of amides is 1. The van der Waals surface area contributed by atoms with Crippen LogP contribution in [0.15, 0.2) is 0 Å². The Hall–Kier alpha value is -1.08. The minimum Gasteiger partial charge on any atom is -0.342 e. The third kappa shape index (κ3) is 2.48.